The number of hydrogen-bond acceptors (Lipinski definition) is 4. The van der Waals surface area contributed by atoms with Crippen molar-refractivity contribution in [2.75, 3.05) is 24.7 Å². The molecule has 0 atom stereocenters. The fraction of sp³-hybridized carbons (Fsp3) is 0.364. The molecule has 146 valence electrons. The zero-order chi connectivity index (χ0) is 19.5. The summed E-state index contributed by atoms with van der Waals surface area (Å²) in [6, 6.07) is 16.3. The Morgan fingerprint density at radius 2 is 1.57 bits per heavy atom. The Morgan fingerprint density at radius 3 is 2.14 bits per heavy atom. The number of nitrogens with zero attached hydrogens (tertiary/aromatic N) is 1. The first-order valence-corrected chi connectivity index (χ1v) is 10.7. The Labute approximate surface area is 168 Å². The lowest BCUT2D eigenvalue weighted by Crippen LogP contribution is -2.45. The number of carbonyl (C=O) groups excluding carboxylic acids is 1. The Bertz CT molecular complexity index is 833. The van der Waals surface area contributed by atoms with Crippen molar-refractivity contribution >= 4 is 23.8 Å². The highest BCUT2D eigenvalue weighted by Crippen LogP contribution is 2.44. The molecule has 2 aromatic carbocycles. The van der Waals surface area contributed by atoms with Gasteiger partial charge >= 0.3 is 12.1 Å². The van der Waals surface area contributed by atoms with Gasteiger partial charge in [0.1, 0.15) is 13.2 Å². The fourth-order valence-corrected chi connectivity index (χ4v) is 5.24. The predicted molar refractivity (Wildman–Crippen MR) is 110 cm³/mol. The quantitative estimate of drug-likeness (QED) is 0.818. The number of rotatable bonds is 5. The van der Waals surface area contributed by atoms with Crippen LogP contribution in [0.4, 0.5) is 4.79 Å². The molecule has 4 rings (SSSR count). The number of carboxylic acids is 1. The van der Waals surface area contributed by atoms with Crippen molar-refractivity contribution in [2.24, 2.45) is 0 Å². The number of amides is 1. The zero-order valence-corrected chi connectivity index (χ0v) is 16.4. The standard InChI is InChI=1S/C22H23NO4S/c24-21(25)13-23(15-9-11-28-12-10-15)22(26)27-14-20-18-7-3-1-5-16(18)17-6-2-4-8-19(17)20/h1-8,15,20H,9-14H2,(H,24,25). The number of thioether (sulfide) groups is 1. The summed E-state index contributed by atoms with van der Waals surface area (Å²) in [4.78, 5) is 25.5. The van der Waals surface area contributed by atoms with Crippen LogP contribution in [-0.2, 0) is 9.53 Å². The van der Waals surface area contributed by atoms with E-state index in [-0.39, 0.29) is 25.1 Å². The number of carbonyl (C=O) groups is 2. The molecular weight excluding hydrogens is 374 g/mol. The zero-order valence-electron chi connectivity index (χ0n) is 15.5. The first kappa shape index (κ1) is 18.9. The van der Waals surface area contributed by atoms with Crippen molar-refractivity contribution in [3.63, 3.8) is 0 Å². The lowest BCUT2D eigenvalue weighted by atomic mass is 9.98. The summed E-state index contributed by atoms with van der Waals surface area (Å²) >= 11 is 1.84. The number of hydrogen-bond donors (Lipinski definition) is 1. The average molecular weight is 397 g/mol. The predicted octanol–water partition coefficient (Wildman–Crippen LogP) is 4.22. The van der Waals surface area contributed by atoms with Crippen molar-refractivity contribution in [3.8, 4) is 11.1 Å². The van der Waals surface area contributed by atoms with Crippen molar-refractivity contribution in [3.05, 3.63) is 59.7 Å². The Balaban J connectivity index is 1.51. The van der Waals surface area contributed by atoms with E-state index in [2.05, 4.69) is 24.3 Å². The summed E-state index contributed by atoms with van der Waals surface area (Å²) in [5.74, 6) is 0.853. The highest BCUT2D eigenvalue weighted by atomic mass is 32.2. The minimum absolute atomic E-state index is 0.0232. The Kier molecular flexibility index (Phi) is 5.57. The molecular formula is C22H23NO4S. The molecule has 1 N–H and O–H groups in total. The highest BCUT2D eigenvalue weighted by molar-refractivity contribution is 7.99. The number of fused-ring (bicyclic) bond motifs is 3. The fourth-order valence-electron chi connectivity index (χ4n) is 4.16. The lowest BCUT2D eigenvalue weighted by Gasteiger charge is -2.32. The van der Waals surface area contributed by atoms with Gasteiger partial charge in [-0.2, -0.15) is 11.8 Å². The molecule has 5 nitrogen and oxygen atoms in total. The van der Waals surface area contributed by atoms with Gasteiger partial charge in [-0.1, -0.05) is 48.5 Å². The van der Waals surface area contributed by atoms with E-state index in [0.29, 0.717) is 0 Å². The van der Waals surface area contributed by atoms with Crippen molar-refractivity contribution < 1.29 is 19.4 Å². The molecule has 1 aliphatic carbocycles. The second-order valence-corrected chi connectivity index (χ2v) is 8.39. The van der Waals surface area contributed by atoms with Gasteiger partial charge in [-0.15, -0.1) is 0 Å². The molecule has 1 fully saturated rings. The summed E-state index contributed by atoms with van der Waals surface area (Å²) in [6.07, 6.45) is 1.09. The third-order valence-electron chi connectivity index (χ3n) is 5.51. The molecule has 1 amide bonds. The molecule has 0 unspecified atom stereocenters. The van der Waals surface area contributed by atoms with Gasteiger partial charge < -0.3 is 9.84 Å². The van der Waals surface area contributed by atoms with Crippen LogP contribution in [0, 0.1) is 0 Å². The van der Waals surface area contributed by atoms with Crippen LogP contribution >= 0.6 is 11.8 Å². The van der Waals surface area contributed by atoms with Crippen LogP contribution in [0.15, 0.2) is 48.5 Å². The van der Waals surface area contributed by atoms with E-state index in [1.807, 2.05) is 36.0 Å². The van der Waals surface area contributed by atoms with Gasteiger partial charge in [0.25, 0.3) is 0 Å². The van der Waals surface area contributed by atoms with Crippen LogP contribution in [-0.4, -0.2) is 52.8 Å². The van der Waals surface area contributed by atoms with Gasteiger partial charge in [0, 0.05) is 12.0 Å². The third kappa shape index (κ3) is 3.74. The highest BCUT2D eigenvalue weighted by Gasteiger charge is 2.32. The van der Waals surface area contributed by atoms with Crippen LogP contribution in [0.1, 0.15) is 29.9 Å². The van der Waals surface area contributed by atoms with E-state index >= 15 is 0 Å². The van der Waals surface area contributed by atoms with E-state index in [4.69, 9.17) is 4.74 Å². The third-order valence-corrected chi connectivity index (χ3v) is 6.56. The van der Waals surface area contributed by atoms with Crippen molar-refractivity contribution in [1.82, 2.24) is 4.90 Å². The molecule has 2 aliphatic rings. The van der Waals surface area contributed by atoms with Crippen molar-refractivity contribution in [2.45, 2.75) is 24.8 Å². The SMILES string of the molecule is O=C(O)CN(C(=O)OCC1c2ccccc2-c2ccccc21)C1CCSCC1. The molecule has 0 bridgehead atoms. The lowest BCUT2D eigenvalue weighted by molar-refractivity contribution is -0.138. The Morgan fingerprint density at radius 1 is 1.00 bits per heavy atom. The summed E-state index contributed by atoms with van der Waals surface area (Å²) in [5.41, 5.74) is 4.64. The van der Waals surface area contributed by atoms with Crippen molar-refractivity contribution in [1.29, 1.82) is 0 Å². The molecule has 1 aliphatic heterocycles. The summed E-state index contributed by atoms with van der Waals surface area (Å²) < 4.78 is 5.67. The molecule has 2 aromatic rings. The molecule has 0 spiro atoms. The smallest absolute Gasteiger partial charge is 0.410 e. The molecule has 0 radical (unpaired) electrons. The molecule has 1 saturated heterocycles. The van der Waals surface area contributed by atoms with Gasteiger partial charge in [0.2, 0.25) is 0 Å². The second kappa shape index (κ2) is 8.27. The monoisotopic (exact) mass is 397 g/mol. The number of ether oxygens (including phenoxy) is 1. The van der Waals surface area contributed by atoms with Gasteiger partial charge in [-0.25, -0.2) is 4.79 Å². The van der Waals surface area contributed by atoms with E-state index in [9.17, 15) is 14.7 Å². The van der Waals surface area contributed by atoms with E-state index in [0.717, 1.165) is 35.5 Å². The largest absolute Gasteiger partial charge is 0.480 e. The number of benzene rings is 2. The van der Waals surface area contributed by atoms with Gasteiger partial charge in [0.05, 0.1) is 0 Å². The van der Waals surface area contributed by atoms with Gasteiger partial charge in [0.15, 0.2) is 0 Å². The van der Waals surface area contributed by atoms with E-state index < -0.39 is 12.1 Å². The van der Waals surface area contributed by atoms with Crippen LogP contribution in [0.5, 0.6) is 0 Å². The molecule has 0 saturated carbocycles. The van der Waals surface area contributed by atoms with E-state index in [1.165, 1.54) is 16.0 Å². The minimum Gasteiger partial charge on any atom is -0.480 e. The van der Waals surface area contributed by atoms with Crippen LogP contribution < -0.4 is 0 Å². The maximum absolute atomic E-state index is 12.8. The number of aliphatic carboxylic acids is 1. The summed E-state index contributed by atoms with van der Waals surface area (Å²) in [5, 5.41) is 9.25. The first-order chi connectivity index (χ1) is 13.6. The van der Waals surface area contributed by atoms with Gasteiger partial charge in [-0.05, 0) is 46.6 Å². The summed E-state index contributed by atoms with van der Waals surface area (Å²) in [7, 11) is 0. The van der Waals surface area contributed by atoms with Crippen LogP contribution in [0.25, 0.3) is 11.1 Å². The molecule has 0 aromatic heterocycles. The maximum atomic E-state index is 12.8. The van der Waals surface area contributed by atoms with Crippen LogP contribution in [0.2, 0.25) is 0 Å². The van der Waals surface area contributed by atoms with Crippen LogP contribution in [0.3, 0.4) is 0 Å². The normalized spacial score (nSPS) is 16.3. The number of carboxylic acid groups (broad SMARTS) is 1. The van der Waals surface area contributed by atoms with Gasteiger partial charge in [-0.3, -0.25) is 9.69 Å². The average Bonchev–Trinajstić information content (AvgIpc) is 3.05. The second-order valence-electron chi connectivity index (χ2n) is 7.17. The van der Waals surface area contributed by atoms with E-state index in [1.54, 1.807) is 0 Å². The maximum Gasteiger partial charge on any atom is 0.410 e. The molecule has 1 heterocycles. The first-order valence-electron chi connectivity index (χ1n) is 9.56. The topological polar surface area (TPSA) is 66.8 Å². The minimum atomic E-state index is -1.01. The molecule has 28 heavy (non-hydrogen) atoms. The molecule has 6 heteroatoms. The summed E-state index contributed by atoms with van der Waals surface area (Å²) in [6.45, 7) is -0.101. The Hall–Kier alpha value is -2.47.